The van der Waals surface area contributed by atoms with Gasteiger partial charge in [-0.05, 0) is 29.5 Å². The van der Waals surface area contributed by atoms with E-state index in [2.05, 4.69) is 20.8 Å². The first-order valence-corrected chi connectivity index (χ1v) is 6.27. The average Bonchev–Trinajstić information content (AvgIpc) is 2.30. The second-order valence-corrected chi connectivity index (χ2v) is 5.09. The zero-order valence-corrected chi connectivity index (χ0v) is 12.1. The number of ether oxygens (including phenoxy) is 2. The van der Waals surface area contributed by atoms with E-state index in [1.807, 2.05) is 6.07 Å². The first kappa shape index (κ1) is 15.2. The Balaban J connectivity index is 3.21. The van der Waals surface area contributed by atoms with E-state index in [0.29, 0.717) is 0 Å². The van der Waals surface area contributed by atoms with Gasteiger partial charge < -0.3 is 9.47 Å². The van der Waals surface area contributed by atoms with E-state index in [1.54, 1.807) is 12.1 Å². The molecule has 0 unspecified atom stereocenters. The fourth-order valence-electron chi connectivity index (χ4n) is 1.61. The molecule has 0 saturated carbocycles. The molecule has 0 N–H and O–H groups in total. The molecular formula is C15H20O4. The average molecular weight is 264 g/mol. The van der Waals surface area contributed by atoms with Crippen LogP contribution in [0.3, 0.4) is 0 Å². The second kappa shape index (κ2) is 5.87. The van der Waals surface area contributed by atoms with Crippen LogP contribution in [0.15, 0.2) is 18.2 Å². The smallest absolute Gasteiger partial charge is 0.308 e. The molecule has 19 heavy (non-hydrogen) atoms. The summed E-state index contributed by atoms with van der Waals surface area (Å²) in [5.41, 5.74) is 0.992. The minimum Gasteiger partial charge on any atom is -0.423 e. The summed E-state index contributed by atoms with van der Waals surface area (Å²) in [6.45, 7) is 8.92. The summed E-state index contributed by atoms with van der Waals surface area (Å²) < 4.78 is 10.1. The van der Waals surface area contributed by atoms with Crippen molar-refractivity contribution < 1.29 is 19.1 Å². The van der Waals surface area contributed by atoms with Crippen LogP contribution in [-0.4, -0.2) is 11.9 Å². The lowest BCUT2D eigenvalue weighted by Gasteiger charge is -2.24. The van der Waals surface area contributed by atoms with Crippen LogP contribution in [0.2, 0.25) is 0 Å². The minimum atomic E-state index is -0.448. The highest BCUT2D eigenvalue weighted by Gasteiger charge is 2.21. The lowest BCUT2D eigenvalue weighted by molar-refractivity contribution is -0.134. The largest absolute Gasteiger partial charge is 0.423 e. The van der Waals surface area contributed by atoms with Gasteiger partial charge in [-0.25, -0.2) is 0 Å². The highest BCUT2D eigenvalue weighted by atomic mass is 16.6. The molecule has 0 fully saturated rings. The van der Waals surface area contributed by atoms with E-state index in [0.717, 1.165) is 12.0 Å². The lowest BCUT2D eigenvalue weighted by Crippen LogP contribution is -2.16. The second-order valence-electron chi connectivity index (χ2n) is 5.09. The van der Waals surface area contributed by atoms with Crippen molar-refractivity contribution in [2.24, 2.45) is 0 Å². The summed E-state index contributed by atoms with van der Waals surface area (Å²) in [5.74, 6) is -0.351. The van der Waals surface area contributed by atoms with Gasteiger partial charge in [-0.2, -0.15) is 0 Å². The van der Waals surface area contributed by atoms with Crippen molar-refractivity contribution in [3.63, 3.8) is 0 Å². The maximum absolute atomic E-state index is 11.1. The normalized spacial score (nSPS) is 11.0. The first-order valence-electron chi connectivity index (χ1n) is 6.27. The molecule has 4 nitrogen and oxygen atoms in total. The molecule has 0 aliphatic heterocycles. The van der Waals surface area contributed by atoms with Gasteiger partial charge in [0.05, 0.1) is 0 Å². The molecule has 0 saturated heterocycles. The number of esters is 2. The van der Waals surface area contributed by atoms with Crippen LogP contribution >= 0.6 is 0 Å². The van der Waals surface area contributed by atoms with E-state index < -0.39 is 11.9 Å². The fourth-order valence-corrected chi connectivity index (χ4v) is 1.61. The maximum Gasteiger partial charge on any atom is 0.308 e. The van der Waals surface area contributed by atoms with Crippen LogP contribution in [0.1, 0.15) is 46.6 Å². The summed E-state index contributed by atoms with van der Waals surface area (Å²) in [7, 11) is 0. The van der Waals surface area contributed by atoms with Gasteiger partial charge in [0.2, 0.25) is 0 Å². The minimum absolute atomic E-state index is 0.0380. The van der Waals surface area contributed by atoms with Crippen LogP contribution < -0.4 is 9.47 Å². The third-order valence-corrected chi connectivity index (χ3v) is 3.12. The van der Waals surface area contributed by atoms with Gasteiger partial charge in [0.15, 0.2) is 11.5 Å². The Morgan fingerprint density at radius 2 is 1.58 bits per heavy atom. The first-order chi connectivity index (χ1) is 8.76. The van der Waals surface area contributed by atoms with Gasteiger partial charge in [0, 0.05) is 13.8 Å². The van der Waals surface area contributed by atoms with E-state index in [9.17, 15) is 9.59 Å². The van der Waals surface area contributed by atoms with Crippen molar-refractivity contribution in [3.8, 4) is 11.5 Å². The summed E-state index contributed by atoms with van der Waals surface area (Å²) in [6, 6.07) is 5.30. The van der Waals surface area contributed by atoms with E-state index in [1.165, 1.54) is 13.8 Å². The molecule has 1 rings (SSSR count). The van der Waals surface area contributed by atoms with Crippen LogP contribution in [0, 0.1) is 0 Å². The third kappa shape index (κ3) is 4.09. The molecule has 0 aliphatic rings. The van der Waals surface area contributed by atoms with Crippen LogP contribution in [-0.2, 0) is 15.0 Å². The van der Waals surface area contributed by atoms with Gasteiger partial charge in [-0.3, -0.25) is 9.59 Å². The summed E-state index contributed by atoms with van der Waals surface area (Å²) in [5, 5.41) is 0. The molecule has 0 atom stereocenters. The number of rotatable bonds is 4. The Kier molecular flexibility index (Phi) is 4.70. The monoisotopic (exact) mass is 264 g/mol. The highest BCUT2D eigenvalue weighted by Crippen LogP contribution is 2.35. The molecule has 1 aromatic rings. The topological polar surface area (TPSA) is 52.6 Å². The number of benzene rings is 1. The maximum atomic E-state index is 11.1. The molecule has 0 bridgehead atoms. The third-order valence-electron chi connectivity index (χ3n) is 3.12. The van der Waals surface area contributed by atoms with E-state index >= 15 is 0 Å². The highest BCUT2D eigenvalue weighted by molar-refractivity contribution is 5.73. The van der Waals surface area contributed by atoms with Crippen molar-refractivity contribution in [1.29, 1.82) is 0 Å². The van der Waals surface area contributed by atoms with Gasteiger partial charge in [0.25, 0.3) is 0 Å². The predicted octanol–water partition coefficient (Wildman–Crippen LogP) is 3.22. The molecule has 0 aromatic heterocycles. The van der Waals surface area contributed by atoms with Crippen molar-refractivity contribution in [3.05, 3.63) is 23.8 Å². The zero-order valence-electron chi connectivity index (χ0n) is 12.1. The molecule has 0 radical (unpaired) electrons. The Morgan fingerprint density at radius 1 is 1.05 bits per heavy atom. The fraction of sp³-hybridized carbons (Fsp3) is 0.467. The summed E-state index contributed by atoms with van der Waals surface area (Å²) >= 11 is 0. The molecular weight excluding hydrogens is 244 g/mol. The Bertz CT molecular complexity index is 489. The Hall–Kier alpha value is -1.84. The van der Waals surface area contributed by atoms with Gasteiger partial charge in [-0.1, -0.05) is 26.8 Å². The van der Waals surface area contributed by atoms with Crippen LogP contribution in [0.4, 0.5) is 0 Å². The molecule has 4 heteroatoms. The standard InChI is InChI=1S/C15H20O4/c1-6-15(4,5)12-7-8-13(18-10(2)16)14(9-12)19-11(3)17/h7-9H,6H2,1-5H3. The SMILES string of the molecule is CCC(C)(C)c1ccc(OC(C)=O)c(OC(C)=O)c1. The Labute approximate surface area is 113 Å². The molecule has 1 aromatic carbocycles. The molecule has 0 amide bonds. The van der Waals surface area contributed by atoms with Crippen LogP contribution in [0.5, 0.6) is 11.5 Å². The lowest BCUT2D eigenvalue weighted by atomic mass is 9.82. The molecule has 104 valence electrons. The van der Waals surface area contributed by atoms with Crippen LogP contribution in [0.25, 0.3) is 0 Å². The van der Waals surface area contributed by atoms with E-state index in [4.69, 9.17) is 9.47 Å². The quantitative estimate of drug-likeness (QED) is 0.619. The van der Waals surface area contributed by atoms with Gasteiger partial charge >= 0.3 is 11.9 Å². The number of carbonyl (C=O) groups excluding carboxylic acids is 2. The summed E-state index contributed by atoms with van der Waals surface area (Å²) in [6.07, 6.45) is 0.944. The zero-order chi connectivity index (χ0) is 14.6. The van der Waals surface area contributed by atoms with Crippen molar-refractivity contribution in [2.45, 2.75) is 46.5 Å². The molecule has 0 spiro atoms. The Morgan fingerprint density at radius 3 is 2.05 bits per heavy atom. The van der Waals surface area contributed by atoms with Gasteiger partial charge in [-0.15, -0.1) is 0 Å². The molecule has 0 heterocycles. The number of hydrogen-bond acceptors (Lipinski definition) is 4. The van der Waals surface area contributed by atoms with Crippen molar-refractivity contribution in [1.82, 2.24) is 0 Å². The van der Waals surface area contributed by atoms with E-state index in [-0.39, 0.29) is 16.9 Å². The molecule has 0 aliphatic carbocycles. The predicted molar refractivity (Wildman–Crippen MR) is 72.4 cm³/mol. The van der Waals surface area contributed by atoms with Crippen molar-refractivity contribution in [2.75, 3.05) is 0 Å². The number of hydrogen-bond donors (Lipinski definition) is 0. The summed E-state index contributed by atoms with van der Waals surface area (Å²) in [4.78, 5) is 22.1. The number of carbonyl (C=O) groups is 2. The van der Waals surface area contributed by atoms with Gasteiger partial charge in [0.1, 0.15) is 0 Å². The van der Waals surface area contributed by atoms with Crippen molar-refractivity contribution >= 4 is 11.9 Å².